The van der Waals surface area contributed by atoms with Gasteiger partial charge in [0.15, 0.2) is 0 Å². The predicted octanol–water partition coefficient (Wildman–Crippen LogP) is 3.67. The highest BCUT2D eigenvalue weighted by Gasteiger charge is 2.17. The summed E-state index contributed by atoms with van der Waals surface area (Å²) in [5.74, 6) is -0.617. The van der Waals surface area contributed by atoms with E-state index in [0.29, 0.717) is 12.3 Å². The summed E-state index contributed by atoms with van der Waals surface area (Å²) in [6.45, 7) is 1.97. The minimum atomic E-state index is -0.592. The third-order valence-corrected chi connectivity index (χ3v) is 4.08. The molecule has 1 amide bonds. The minimum absolute atomic E-state index is 0.00124. The second-order valence-electron chi connectivity index (χ2n) is 4.44. The molecule has 0 spiro atoms. The summed E-state index contributed by atoms with van der Waals surface area (Å²) in [4.78, 5) is 11.7. The van der Waals surface area contributed by atoms with Gasteiger partial charge in [-0.25, -0.2) is 8.78 Å². The van der Waals surface area contributed by atoms with E-state index in [9.17, 15) is 13.6 Å². The van der Waals surface area contributed by atoms with Gasteiger partial charge in [-0.3, -0.25) is 4.79 Å². The van der Waals surface area contributed by atoms with E-state index in [0.717, 1.165) is 0 Å². The normalized spacial score (nSPS) is 12.1. The number of nitrogens with one attached hydrogen (secondary N) is 1. The summed E-state index contributed by atoms with van der Waals surface area (Å²) in [7, 11) is 0. The van der Waals surface area contributed by atoms with E-state index in [2.05, 4.69) is 5.32 Å². The third-order valence-electron chi connectivity index (χ3n) is 2.91. The van der Waals surface area contributed by atoms with Crippen LogP contribution in [0.2, 0.25) is 0 Å². The van der Waals surface area contributed by atoms with Crippen molar-refractivity contribution in [1.29, 1.82) is 0 Å². The van der Waals surface area contributed by atoms with E-state index in [1.165, 1.54) is 36.2 Å². The van der Waals surface area contributed by atoms with Crippen LogP contribution < -0.4 is 5.32 Å². The lowest BCUT2D eigenvalue weighted by molar-refractivity contribution is -0.118. The van der Waals surface area contributed by atoms with Crippen LogP contribution in [-0.2, 0) is 11.3 Å². The SMILES string of the molecule is CC(SCC(=O)NCc1ccco1)c1c(F)cccc1F. The smallest absolute Gasteiger partial charge is 0.230 e. The van der Waals surface area contributed by atoms with Crippen molar-refractivity contribution in [3.8, 4) is 0 Å². The van der Waals surface area contributed by atoms with Gasteiger partial charge >= 0.3 is 0 Å². The molecule has 1 heterocycles. The van der Waals surface area contributed by atoms with Crippen LogP contribution in [0.25, 0.3) is 0 Å². The van der Waals surface area contributed by atoms with Crippen molar-refractivity contribution in [2.24, 2.45) is 0 Å². The number of thioether (sulfide) groups is 1. The number of furan rings is 1. The average molecular weight is 311 g/mol. The number of carbonyl (C=O) groups is 1. The van der Waals surface area contributed by atoms with Crippen molar-refractivity contribution in [3.05, 3.63) is 59.6 Å². The summed E-state index contributed by atoms with van der Waals surface area (Å²) in [5, 5.41) is 2.24. The van der Waals surface area contributed by atoms with Gasteiger partial charge in [0.25, 0.3) is 0 Å². The second kappa shape index (κ2) is 7.26. The van der Waals surface area contributed by atoms with Crippen LogP contribution in [0.5, 0.6) is 0 Å². The highest BCUT2D eigenvalue weighted by Crippen LogP contribution is 2.31. The number of amides is 1. The van der Waals surface area contributed by atoms with Crippen molar-refractivity contribution in [2.45, 2.75) is 18.7 Å². The van der Waals surface area contributed by atoms with E-state index in [-0.39, 0.29) is 17.2 Å². The Labute approximate surface area is 125 Å². The first-order chi connectivity index (χ1) is 10.1. The molecule has 0 aliphatic heterocycles. The molecule has 6 heteroatoms. The maximum Gasteiger partial charge on any atom is 0.230 e. The highest BCUT2D eigenvalue weighted by atomic mass is 32.2. The maximum atomic E-state index is 13.6. The first kappa shape index (κ1) is 15.6. The van der Waals surface area contributed by atoms with Crippen LogP contribution in [-0.4, -0.2) is 11.7 Å². The lowest BCUT2D eigenvalue weighted by Crippen LogP contribution is -2.24. The fourth-order valence-electron chi connectivity index (χ4n) is 1.83. The van der Waals surface area contributed by atoms with Gasteiger partial charge in [-0.15, -0.1) is 11.8 Å². The Morgan fingerprint density at radius 2 is 2.00 bits per heavy atom. The Morgan fingerprint density at radius 3 is 2.62 bits per heavy atom. The van der Waals surface area contributed by atoms with E-state index in [1.807, 2.05) is 0 Å². The zero-order chi connectivity index (χ0) is 15.2. The summed E-state index contributed by atoms with van der Waals surface area (Å²) in [6.07, 6.45) is 1.53. The molecule has 2 aromatic rings. The van der Waals surface area contributed by atoms with Crippen LogP contribution in [0.4, 0.5) is 8.78 Å². The zero-order valence-corrected chi connectivity index (χ0v) is 12.3. The monoisotopic (exact) mass is 311 g/mol. The van der Waals surface area contributed by atoms with Crippen molar-refractivity contribution in [2.75, 3.05) is 5.75 Å². The molecule has 0 bridgehead atoms. The van der Waals surface area contributed by atoms with Gasteiger partial charge in [0, 0.05) is 10.8 Å². The standard InChI is InChI=1S/C15H15F2NO2S/c1-10(15-12(16)5-2-6-13(15)17)21-9-14(19)18-8-11-4-3-7-20-11/h2-7,10H,8-9H2,1H3,(H,18,19). The topological polar surface area (TPSA) is 42.2 Å². The molecule has 112 valence electrons. The van der Waals surface area contributed by atoms with Crippen LogP contribution >= 0.6 is 11.8 Å². The first-order valence-electron chi connectivity index (χ1n) is 6.42. The van der Waals surface area contributed by atoms with Gasteiger partial charge in [0.05, 0.1) is 18.6 Å². The van der Waals surface area contributed by atoms with Crippen molar-refractivity contribution in [1.82, 2.24) is 5.32 Å². The first-order valence-corrected chi connectivity index (χ1v) is 7.47. The van der Waals surface area contributed by atoms with Crippen LogP contribution in [0.15, 0.2) is 41.0 Å². The van der Waals surface area contributed by atoms with Crippen LogP contribution in [0.1, 0.15) is 23.5 Å². The minimum Gasteiger partial charge on any atom is -0.467 e. The fraction of sp³-hybridized carbons (Fsp3) is 0.267. The molecular formula is C15H15F2NO2S. The molecule has 0 aliphatic carbocycles. The van der Waals surface area contributed by atoms with Gasteiger partial charge in [0.1, 0.15) is 17.4 Å². The lowest BCUT2D eigenvalue weighted by atomic mass is 10.1. The van der Waals surface area contributed by atoms with Crippen molar-refractivity contribution < 1.29 is 18.0 Å². The maximum absolute atomic E-state index is 13.6. The Morgan fingerprint density at radius 1 is 1.29 bits per heavy atom. The van der Waals surface area contributed by atoms with Crippen molar-refractivity contribution >= 4 is 17.7 Å². The number of halogens is 2. The lowest BCUT2D eigenvalue weighted by Gasteiger charge is -2.13. The molecule has 1 atom stereocenters. The van der Waals surface area contributed by atoms with Crippen LogP contribution in [0, 0.1) is 11.6 Å². The molecule has 0 radical (unpaired) electrons. The average Bonchev–Trinajstić information content (AvgIpc) is 2.96. The number of hydrogen-bond acceptors (Lipinski definition) is 3. The molecule has 1 aromatic heterocycles. The summed E-state index contributed by atoms with van der Waals surface area (Å²) in [6, 6.07) is 7.24. The van der Waals surface area contributed by atoms with Crippen LogP contribution in [0.3, 0.4) is 0 Å². The fourth-order valence-corrected chi connectivity index (χ4v) is 2.73. The van der Waals surface area contributed by atoms with Gasteiger partial charge in [-0.2, -0.15) is 0 Å². The molecular weight excluding hydrogens is 296 g/mol. The molecule has 0 fully saturated rings. The highest BCUT2D eigenvalue weighted by molar-refractivity contribution is 8.00. The predicted molar refractivity (Wildman–Crippen MR) is 77.8 cm³/mol. The summed E-state index contributed by atoms with van der Waals surface area (Å²) in [5.41, 5.74) is 0.00124. The Hall–Kier alpha value is -1.82. The Kier molecular flexibility index (Phi) is 5.38. The zero-order valence-electron chi connectivity index (χ0n) is 11.4. The Balaban J connectivity index is 1.83. The largest absolute Gasteiger partial charge is 0.467 e. The van der Waals surface area contributed by atoms with Gasteiger partial charge < -0.3 is 9.73 Å². The number of hydrogen-bond donors (Lipinski definition) is 1. The molecule has 1 N–H and O–H groups in total. The third kappa shape index (κ3) is 4.32. The van der Waals surface area contributed by atoms with E-state index in [1.54, 1.807) is 19.1 Å². The molecule has 2 rings (SSSR count). The van der Waals surface area contributed by atoms with Gasteiger partial charge in [-0.1, -0.05) is 6.07 Å². The molecule has 0 saturated heterocycles. The molecule has 0 aliphatic rings. The van der Waals surface area contributed by atoms with E-state index >= 15 is 0 Å². The Bertz CT molecular complexity index is 581. The molecule has 1 unspecified atom stereocenters. The second-order valence-corrected chi connectivity index (χ2v) is 5.77. The molecule has 3 nitrogen and oxygen atoms in total. The summed E-state index contributed by atoms with van der Waals surface area (Å²) >= 11 is 1.18. The number of benzene rings is 1. The molecule has 1 aromatic carbocycles. The molecule has 0 saturated carbocycles. The van der Waals surface area contributed by atoms with Crippen molar-refractivity contribution in [3.63, 3.8) is 0 Å². The van der Waals surface area contributed by atoms with Gasteiger partial charge in [0.2, 0.25) is 5.91 Å². The van der Waals surface area contributed by atoms with E-state index < -0.39 is 16.9 Å². The van der Waals surface area contributed by atoms with E-state index in [4.69, 9.17) is 4.42 Å². The number of rotatable bonds is 6. The quantitative estimate of drug-likeness (QED) is 0.885. The molecule has 21 heavy (non-hydrogen) atoms. The summed E-state index contributed by atoms with van der Waals surface area (Å²) < 4.78 is 32.3. The van der Waals surface area contributed by atoms with Gasteiger partial charge in [-0.05, 0) is 31.2 Å². The number of carbonyl (C=O) groups excluding carboxylic acids is 1.